The number of nitrogens with zero attached hydrogens (tertiary/aromatic N) is 2. The van der Waals surface area contributed by atoms with Crippen LogP contribution in [-0.4, -0.2) is 28.6 Å². The molecule has 17 heavy (non-hydrogen) atoms. The molecule has 0 aliphatic heterocycles. The molecule has 0 aliphatic rings. The molecule has 2 aromatic rings. The standard InChI is InChI=1S/C13H16N2O2/c1-17-13-5-3-11(4-6-13)12-9-14-15(10-12)7-2-8-16/h3-6,9-10,16H,2,7-8H2,1H3. The number of aliphatic hydroxyl groups is 1. The molecule has 90 valence electrons. The van der Waals surface area contributed by atoms with E-state index in [4.69, 9.17) is 9.84 Å². The zero-order valence-electron chi connectivity index (χ0n) is 9.84. The van der Waals surface area contributed by atoms with Gasteiger partial charge in [-0.25, -0.2) is 0 Å². The highest BCUT2D eigenvalue weighted by atomic mass is 16.5. The van der Waals surface area contributed by atoms with Crippen molar-refractivity contribution in [2.24, 2.45) is 0 Å². The zero-order chi connectivity index (χ0) is 12.1. The predicted octanol–water partition coefficient (Wildman–Crippen LogP) is 1.94. The molecule has 0 saturated carbocycles. The van der Waals surface area contributed by atoms with E-state index >= 15 is 0 Å². The monoisotopic (exact) mass is 232 g/mol. The summed E-state index contributed by atoms with van der Waals surface area (Å²) in [6, 6.07) is 7.87. The molecule has 0 saturated heterocycles. The summed E-state index contributed by atoms with van der Waals surface area (Å²) in [6.45, 7) is 0.935. The van der Waals surface area contributed by atoms with Crippen molar-refractivity contribution in [1.29, 1.82) is 0 Å². The molecule has 1 heterocycles. The van der Waals surface area contributed by atoms with E-state index < -0.39 is 0 Å². The molecular weight excluding hydrogens is 216 g/mol. The van der Waals surface area contributed by atoms with Gasteiger partial charge in [0.15, 0.2) is 0 Å². The van der Waals surface area contributed by atoms with Crippen molar-refractivity contribution < 1.29 is 9.84 Å². The Morgan fingerprint density at radius 3 is 2.65 bits per heavy atom. The Labute approximate surface area is 100 Å². The third-order valence-corrected chi connectivity index (χ3v) is 2.60. The number of rotatable bonds is 5. The van der Waals surface area contributed by atoms with Crippen LogP contribution < -0.4 is 4.74 Å². The topological polar surface area (TPSA) is 47.3 Å². The first kappa shape index (κ1) is 11.7. The van der Waals surface area contributed by atoms with Gasteiger partial charge in [-0.05, 0) is 24.1 Å². The Balaban J connectivity index is 2.12. The molecule has 0 fully saturated rings. The fraction of sp³-hybridized carbons (Fsp3) is 0.308. The molecule has 4 heteroatoms. The highest BCUT2D eigenvalue weighted by Crippen LogP contribution is 2.21. The van der Waals surface area contributed by atoms with Crippen LogP contribution in [0.15, 0.2) is 36.7 Å². The van der Waals surface area contributed by atoms with Crippen LogP contribution in [0.5, 0.6) is 5.75 Å². The number of hydrogen-bond donors (Lipinski definition) is 1. The third kappa shape index (κ3) is 2.85. The Bertz CT molecular complexity index is 463. The number of ether oxygens (including phenoxy) is 1. The summed E-state index contributed by atoms with van der Waals surface area (Å²) in [4.78, 5) is 0. The molecule has 0 spiro atoms. The third-order valence-electron chi connectivity index (χ3n) is 2.60. The van der Waals surface area contributed by atoms with Gasteiger partial charge in [-0.15, -0.1) is 0 Å². The minimum Gasteiger partial charge on any atom is -0.497 e. The van der Waals surface area contributed by atoms with E-state index in [1.165, 1.54) is 0 Å². The van der Waals surface area contributed by atoms with Gasteiger partial charge in [0.25, 0.3) is 0 Å². The second-order valence-electron chi connectivity index (χ2n) is 3.80. The molecule has 1 aromatic carbocycles. The Hall–Kier alpha value is -1.81. The minimum absolute atomic E-state index is 0.192. The summed E-state index contributed by atoms with van der Waals surface area (Å²) in [6.07, 6.45) is 4.54. The van der Waals surface area contributed by atoms with Gasteiger partial charge < -0.3 is 9.84 Å². The van der Waals surface area contributed by atoms with Crippen molar-refractivity contribution in [3.05, 3.63) is 36.7 Å². The average molecular weight is 232 g/mol. The number of methoxy groups -OCH3 is 1. The quantitative estimate of drug-likeness (QED) is 0.857. The van der Waals surface area contributed by atoms with E-state index in [2.05, 4.69) is 5.10 Å². The highest BCUT2D eigenvalue weighted by molar-refractivity contribution is 5.62. The molecule has 0 unspecified atom stereocenters. The van der Waals surface area contributed by atoms with Crippen LogP contribution in [0, 0.1) is 0 Å². The van der Waals surface area contributed by atoms with Gasteiger partial charge in [0.05, 0.1) is 13.3 Å². The lowest BCUT2D eigenvalue weighted by molar-refractivity contribution is 0.277. The van der Waals surface area contributed by atoms with Crippen LogP contribution in [0.1, 0.15) is 6.42 Å². The Morgan fingerprint density at radius 2 is 2.00 bits per heavy atom. The maximum atomic E-state index is 8.75. The maximum Gasteiger partial charge on any atom is 0.118 e. The van der Waals surface area contributed by atoms with Gasteiger partial charge >= 0.3 is 0 Å². The van der Waals surface area contributed by atoms with E-state index in [1.807, 2.05) is 41.3 Å². The number of benzene rings is 1. The highest BCUT2D eigenvalue weighted by Gasteiger charge is 2.01. The minimum atomic E-state index is 0.192. The lowest BCUT2D eigenvalue weighted by atomic mass is 10.1. The summed E-state index contributed by atoms with van der Waals surface area (Å²) in [5.74, 6) is 0.849. The van der Waals surface area contributed by atoms with Gasteiger partial charge in [0, 0.05) is 24.9 Å². The van der Waals surface area contributed by atoms with Crippen LogP contribution in [0.3, 0.4) is 0 Å². The zero-order valence-corrected chi connectivity index (χ0v) is 9.84. The lowest BCUT2D eigenvalue weighted by Gasteiger charge is -2.01. The summed E-state index contributed by atoms with van der Waals surface area (Å²) >= 11 is 0. The first-order valence-corrected chi connectivity index (χ1v) is 5.61. The van der Waals surface area contributed by atoms with Gasteiger partial charge in [-0.1, -0.05) is 12.1 Å². The summed E-state index contributed by atoms with van der Waals surface area (Å²) in [5.41, 5.74) is 2.19. The first-order valence-electron chi connectivity index (χ1n) is 5.61. The fourth-order valence-electron chi connectivity index (χ4n) is 1.65. The lowest BCUT2D eigenvalue weighted by Crippen LogP contribution is -1.99. The summed E-state index contributed by atoms with van der Waals surface area (Å²) in [5, 5.41) is 13.0. The molecular formula is C13H16N2O2. The van der Waals surface area contributed by atoms with Crippen LogP contribution in [0.4, 0.5) is 0 Å². The molecule has 1 aromatic heterocycles. The summed E-state index contributed by atoms with van der Waals surface area (Å²) in [7, 11) is 1.65. The van der Waals surface area contributed by atoms with E-state index in [-0.39, 0.29) is 6.61 Å². The largest absolute Gasteiger partial charge is 0.497 e. The number of aliphatic hydroxyl groups excluding tert-OH is 1. The van der Waals surface area contributed by atoms with Crippen LogP contribution >= 0.6 is 0 Å². The molecule has 0 amide bonds. The van der Waals surface area contributed by atoms with Gasteiger partial charge in [0.1, 0.15) is 5.75 Å². The molecule has 0 radical (unpaired) electrons. The van der Waals surface area contributed by atoms with Crippen LogP contribution in [0.25, 0.3) is 11.1 Å². The average Bonchev–Trinajstić information content (AvgIpc) is 2.85. The van der Waals surface area contributed by atoms with Crippen molar-refractivity contribution in [3.63, 3.8) is 0 Å². The van der Waals surface area contributed by atoms with E-state index in [9.17, 15) is 0 Å². The van der Waals surface area contributed by atoms with E-state index in [0.717, 1.165) is 29.8 Å². The van der Waals surface area contributed by atoms with Crippen molar-refractivity contribution in [3.8, 4) is 16.9 Å². The van der Waals surface area contributed by atoms with Crippen LogP contribution in [0.2, 0.25) is 0 Å². The molecule has 0 aliphatic carbocycles. The van der Waals surface area contributed by atoms with Gasteiger partial charge in [0.2, 0.25) is 0 Å². The van der Waals surface area contributed by atoms with E-state index in [0.29, 0.717) is 0 Å². The van der Waals surface area contributed by atoms with Crippen molar-refractivity contribution in [2.45, 2.75) is 13.0 Å². The molecule has 0 atom stereocenters. The number of aromatic nitrogens is 2. The van der Waals surface area contributed by atoms with Crippen LogP contribution in [-0.2, 0) is 6.54 Å². The van der Waals surface area contributed by atoms with Crippen molar-refractivity contribution in [2.75, 3.05) is 13.7 Å². The second kappa shape index (κ2) is 5.50. The fourth-order valence-corrected chi connectivity index (χ4v) is 1.65. The predicted molar refractivity (Wildman–Crippen MR) is 65.9 cm³/mol. The molecule has 1 N–H and O–H groups in total. The van der Waals surface area contributed by atoms with E-state index in [1.54, 1.807) is 7.11 Å². The van der Waals surface area contributed by atoms with Gasteiger partial charge in [-0.2, -0.15) is 5.10 Å². The summed E-state index contributed by atoms with van der Waals surface area (Å²) < 4.78 is 6.96. The smallest absolute Gasteiger partial charge is 0.118 e. The normalized spacial score (nSPS) is 10.5. The Kier molecular flexibility index (Phi) is 3.77. The maximum absolute atomic E-state index is 8.75. The van der Waals surface area contributed by atoms with Crippen molar-refractivity contribution in [1.82, 2.24) is 9.78 Å². The SMILES string of the molecule is COc1ccc(-c2cnn(CCCO)c2)cc1. The Morgan fingerprint density at radius 1 is 1.24 bits per heavy atom. The molecule has 0 bridgehead atoms. The van der Waals surface area contributed by atoms with Gasteiger partial charge in [-0.3, -0.25) is 4.68 Å². The molecule has 2 rings (SSSR count). The molecule has 4 nitrogen and oxygen atoms in total. The van der Waals surface area contributed by atoms with Crippen molar-refractivity contribution >= 4 is 0 Å². The second-order valence-corrected chi connectivity index (χ2v) is 3.80. The first-order chi connectivity index (χ1) is 8.33. The number of hydrogen-bond acceptors (Lipinski definition) is 3. The number of aryl methyl sites for hydroxylation is 1.